The zero-order valence-corrected chi connectivity index (χ0v) is 23.0. The van der Waals surface area contributed by atoms with Crippen LogP contribution in [0.4, 0.5) is 0 Å². The van der Waals surface area contributed by atoms with Crippen LogP contribution in [0.5, 0.6) is 0 Å². The van der Waals surface area contributed by atoms with Crippen molar-refractivity contribution in [1.29, 1.82) is 0 Å². The molecule has 1 spiro atoms. The van der Waals surface area contributed by atoms with Crippen molar-refractivity contribution in [2.75, 3.05) is 33.4 Å². The Labute approximate surface area is 224 Å². The van der Waals surface area contributed by atoms with Crippen molar-refractivity contribution in [2.45, 2.75) is 63.8 Å². The SMILES string of the molecule is COC1CCC2C(C1)CC1C2C2(CCN(Cc3nccs3)CC2)CN(Cc2ccc(Cl)cc2)[C@H]1CO. The lowest BCUT2D eigenvalue weighted by atomic mass is 9.57. The highest BCUT2D eigenvalue weighted by Gasteiger charge is 2.60. The van der Waals surface area contributed by atoms with E-state index < -0.39 is 0 Å². The maximum atomic E-state index is 10.7. The van der Waals surface area contributed by atoms with Crippen molar-refractivity contribution in [3.63, 3.8) is 0 Å². The molecule has 4 fully saturated rings. The van der Waals surface area contributed by atoms with E-state index in [4.69, 9.17) is 16.3 Å². The fourth-order valence-electron chi connectivity index (χ4n) is 8.64. The number of aliphatic hydroxyl groups excluding tert-OH is 1. The van der Waals surface area contributed by atoms with Gasteiger partial charge < -0.3 is 9.84 Å². The van der Waals surface area contributed by atoms with E-state index in [0.29, 0.717) is 17.4 Å². The number of piperidine rings is 2. The van der Waals surface area contributed by atoms with Gasteiger partial charge in [0.05, 0.1) is 19.3 Å². The number of halogens is 1. The second kappa shape index (κ2) is 10.6. The van der Waals surface area contributed by atoms with Gasteiger partial charge in [-0.05, 0) is 98.4 Å². The average molecular weight is 530 g/mol. The van der Waals surface area contributed by atoms with Crippen LogP contribution in [-0.4, -0.2) is 65.4 Å². The van der Waals surface area contributed by atoms with Crippen LogP contribution in [0.1, 0.15) is 49.1 Å². The minimum Gasteiger partial charge on any atom is -0.395 e. The first-order valence-electron chi connectivity index (χ1n) is 13.8. The molecule has 5 nitrogen and oxygen atoms in total. The molecule has 2 aliphatic carbocycles. The summed E-state index contributed by atoms with van der Waals surface area (Å²) in [6, 6.07) is 8.56. The molecule has 2 aliphatic heterocycles. The van der Waals surface area contributed by atoms with Crippen molar-refractivity contribution < 1.29 is 9.84 Å². The molecular formula is C29H40ClN3O2S. The van der Waals surface area contributed by atoms with Gasteiger partial charge in [-0.3, -0.25) is 9.80 Å². The van der Waals surface area contributed by atoms with Gasteiger partial charge in [-0.2, -0.15) is 0 Å². The zero-order chi connectivity index (χ0) is 24.7. The van der Waals surface area contributed by atoms with Crippen LogP contribution in [0.25, 0.3) is 0 Å². The minimum absolute atomic E-state index is 0.247. The number of likely N-dealkylation sites (tertiary alicyclic amines) is 2. The summed E-state index contributed by atoms with van der Waals surface area (Å²) in [7, 11) is 1.89. The van der Waals surface area contributed by atoms with Gasteiger partial charge in [-0.25, -0.2) is 4.98 Å². The lowest BCUT2D eigenvalue weighted by Gasteiger charge is -2.58. The molecule has 6 atom stereocenters. The molecule has 0 bridgehead atoms. The normalized spacial score (nSPS) is 34.5. The number of hydrogen-bond donors (Lipinski definition) is 1. The first kappa shape index (κ1) is 25.3. The van der Waals surface area contributed by atoms with Crippen LogP contribution in [0.3, 0.4) is 0 Å². The van der Waals surface area contributed by atoms with Crippen LogP contribution >= 0.6 is 22.9 Å². The fraction of sp³-hybridized carbons (Fsp3) is 0.690. The predicted molar refractivity (Wildman–Crippen MR) is 145 cm³/mol. The van der Waals surface area contributed by atoms with E-state index in [9.17, 15) is 5.11 Å². The molecule has 2 saturated carbocycles. The van der Waals surface area contributed by atoms with Gasteiger partial charge in [-0.1, -0.05) is 23.7 Å². The van der Waals surface area contributed by atoms with E-state index in [1.807, 2.05) is 25.4 Å². The molecule has 196 valence electrons. The van der Waals surface area contributed by atoms with Crippen molar-refractivity contribution in [3.05, 3.63) is 51.4 Å². The number of nitrogens with zero attached hydrogens (tertiary/aromatic N) is 3. The molecule has 3 heterocycles. The van der Waals surface area contributed by atoms with E-state index in [0.717, 1.165) is 55.5 Å². The maximum absolute atomic E-state index is 10.7. The number of benzene rings is 1. The smallest absolute Gasteiger partial charge is 0.107 e. The second-order valence-electron chi connectivity index (χ2n) is 11.9. The molecule has 7 heteroatoms. The lowest BCUT2D eigenvalue weighted by Crippen LogP contribution is -2.61. The van der Waals surface area contributed by atoms with Gasteiger partial charge in [0, 0.05) is 42.8 Å². The summed E-state index contributed by atoms with van der Waals surface area (Å²) in [4.78, 5) is 9.81. The average Bonchev–Trinajstić information content (AvgIpc) is 3.55. The van der Waals surface area contributed by atoms with E-state index in [2.05, 4.69) is 32.3 Å². The molecule has 5 unspecified atom stereocenters. The summed E-state index contributed by atoms with van der Waals surface area (Å²) in [5.41, 5.74) is 1.63. The number of ether oxygens (including phenoxy) is 1. The number of fused-ring (bicyclic) bond motifs is 4. The van der Waals surface area contributed by atoms with Crippen LogP contribution in [0.2, 0.25) is 5.02 Å². The lowest BCUT2D eigenvalue weighted by molar-refractivity contribution is -0.110. The second-order valence-corrected chi connectivity index (χ2v) is 13.3. The Morgan fingerprint density at radius 1 is 1.11 bits per heavy atom. The van der Waals surface area contributed by atoms with Crippen LogP contribution in [0, 0.1) is 29.1 Å². The number of hydrogen-bond acceptors (Lipinski definition) is 6. The van der Waals surface area contributed by atoms with Gasteiger partial charge in [-0.15, -0.1) is 11.3 Å². The molecule has 1 aromatic carbocycles. The standard InChI is InChI=1S/C29H40ClN3O2S/c1-35-23-6-7-24-21(14-23)15-25-26(18-34)33(16-20-2-4-22(30)5-3-20)19-29(28(24)25)8-11-32(12-9-29)17-27-31-10-13-36-27/h2-5,10,13,21,23-26,28,34H,6-9,11-12,14-19H2,1H3/t21?,23?,24?,25?,26-,28?/m0/s1. The van der Waals surface area contributed by atoms with Crippen molar-refractivity contribution in [1.82, 2.24) is 14.8 Å². The molecule has 2 aromatic rings. The van der Waals surface area contributed by atoms with Crippen molar-refractivity contribution in [2.24, 2.45) is 29.1 Å². The van der Waals surface area contributed by atoms with Crippen LogP contribution < -0.4 is 0 Å². The number of aliphatic hydroxyl groups is 1. The largest absolute Gasteiger partial charge is 0.395 e. The fourth-order valence-corrected chi connectivity index (χ4v) is 9.42. The Balaban J connectivity index is 1.27. The monoisotopic (exact) mass is 529 g/mol. The van der Waals surface area contributed by atoms with E-state index in [1.54, 1.807) is 11.3 Å². The molecule has 1 N–H and O–H groups in total. The Hall–Kier alpha value is -1.02. The van der Waals surface area contributed by atoms with Gasteiger partial charge in [0.15, 0.2) is 0 Å². The molecular weight excluding hydrogens is 490 g/mol. The van der Waals surface area contributed by atoms with E-state index >= 15 is 0 Å². The quantitative estimate of drug-likeness (QED) is 0.548. The third-order valence-electron chi connectivity index (χ3n) is 10.2. The van der Waals surface area contributed by atoms with E-state index in [-0.39, 0.29) is 12.6 Å². The highest BCUT2D eigenvalue weighted by molar-refractivity contribution is 7.09. The number of aromatic nitrogens is 1. The van der Waals surface area contributed by atoms with Crippen molar-refractivity contribution in [3.8, 4) is 0 Å². The van der Waals surface area contributed by atoms with Gasteiger partial charge in [0.1, 0.15) is 5.01 Å². The van der Waals surface area contributed by atoms with E-state index in [1.165, 1.54) is 49.1 Å². The first-order valence-corrected chi connectivity index (χ1v) is 15.1. The Morgan fingerprint density at radius 2 is 1.92 bits per heavy atom. The Bertz CT molecular complexity index is 994. The minimum atomic E-state index is 0.247. The Kier molecular flexibility index (Phi) is 7.46. The van der Waals surface area contributed by atoms with Gasteiger partial charge in [0.2, 0.25) is 0 Å². The molecule has 2 saturated heterocycles. The van der Waals surface area contributed by atoms with Crippen LogP contribution in [0.15, 0.2) is 35.8 Å². The topological polar surface area (TPSA) is 48.8 Å². The van der Waals surface area contributed by atoms with Gasteiger partial charge >= 0.3 is 0 Å². The third kappa shape index (κ3) is 4.78. The summed E-state index contributed by atoms with van der Waals surface area (Å²) in [6.45, 7) is 5.54. The maximum Gasteiger partial charge on any atom is 0.107 e. The highest BCUT2D eigenvalue weighted by Crippen LogP contribution is 2.62. The predicted octanol–water partition coefficient (Wildman–Crippen LogP) is 5.32. The summed E-state index contributed by atoms with van der Waals surface area (Å²) in [5, 5.41) is 14.8. The summed E-state index contributed by atoms with van der Waals surface area (Å²) in [5.74, 6) is 2.83. The molecule has 0 radical (unpaired) electrons. The third-order valence-corrected chi connectivity index (χ3v) is 11.2. The highest BCUT2D eigenvalue weighted by atomic mass is 35.5. The summed E-state index contributed by atoms with van der Waals surface area (Å²) >= 11 is 7.96. The van der Waals surface area contributed by atoms with Crippen molar-refractivity contribution >= 4 is 22.9 Å². The summed E-state index contributed by atoms with van der Waals surface area (Å²) in [6.07, 6.45) is 9.81. The van der Waals surface area contributed by atoms with Gasteiger partial charge in [0.25, 0.3) is 0 Å². The molecule has 1 aromatic heterocycles. The number of rotatable bonds is 6. The zero-order valence-electron chi connectivity index (χ0n) is 21.4. The first-order chi connectivity index (χ1) is 17.6. The Morgan fingerprint density at radius 3 is 2.61 bits per heavy atom. The molecule has 4 aliphatic rings. The molecule has 0 amide bonds. The number of methoxy groups -OCH3 is 1. The molecule has 6 rings (SSSR count). The summed E-state index contributed by atoms with van der Waals surface area (Å²) < 4.78 is 5.83. The molecule has 36 heavy (non-hydrogen) atoms. The number of thiazole rings is 1. The van der Waals surface area contributed by atoms with Crippen LogP contribution in [-0.2, 0) is 17.8 Å².